The Hall–Kier alpha value is -1.30. The summed E-state index contributed by atoms with van der Waals surface area (Å²) in [6.45, 7) is 3.57. The van der Waals surface area contributed by atoms with Crippen LogP contribution in [0.3, 0.4) is 0 Å². The molecule has 4 nitrogen and oxygen atoms in total. The van der Waals surface area contributed by atoms with E-state index in [9.17, 15) is 4.79 Å². The summed E-state index contributed by atoms with van der Waals surface area (Å²) in [5.41, 5.74) is 0. The van der Waals surface area contributed by atoms with Gasteiger partial charge in [-0.25, -0.2) is 0 Å². The van der Waals surface area contributed by atoms with Gasteiger partial charge in [0.1, 0.15) is 17.6 Å². The molecule has 22 heavy (non-hydrogen) atoms. The number of carbonyl (C=O) groups is 1. The molecular weight excluding hydrogens is 322 g/mol. The van der Waals surface area contributed by atoms with E-state index < -0.39 is 0 Å². The van der Waals surface area contributed by atoms with Crippen LogP contribution in [0.5, 0.6) is 0 Å². The molecule has 0 spiro atoms. The Kier molecular flexibility index (Phi) is 4.86. The zero-order chi connectivity index (χ0) is 15.5. The highest BCUT2D eigenvalue weighted by atomic mass is 35.5. The highest BCUT2D eigenvalue weighted by Gasteiger charge is 2.30. The van der Waals surface area contributed by atoms with Gasteiger partial charge in [-0.2, -0.15) is 0 Å². The number of furan rings is 1. The summed E-state index contributed by atoms with van der Waals surface area (Å²) in [5, 5.41) is 0. The fourth-order valence-electron chi connectivity index (χ4n) is 2.63. The van der Waals surface area contributed by atoms with Crippen molar-refractivity contribution in [3.05, 3.63) is 45.0 Å². The van der Waals surface area contributed by atoms with Crippen LogP contribution < -0.4 is 0 Å². The average molecular weight is 340 g/mol. The Morgan fingerprint density at radius 3 is 2.95 bits per heavy atom. The van der Waals surface area contributed by atoms with Gasteiger partial charge in [0, 0.05) is 17.8 Å². The highest BCUT2D eigenvalue weighted by Crippen LogP contribution is 2.27. The lowest BCUT2D eigenvalue weighted by Gasteiger charge is -2.34. The summed E-state index contributed by atoms with van der Waals surface area (Å²) in [6.07, 6.45) is 1.20. The van der Waals surface area contributed by atoms with Crippen LogP contribution in [0.1, 0.15) is 28.9 Å². The number of hydrogen-bond acceptors (Lipinski definition) is 4. The van der Waals surface area contributed by atoms with Crippen molar-refractivity contribution < 1.29 is 13.9 Å². The van der Waals surface area contributed by atoms with Gasteiger partial charge in [-0.1, -0.05) is 11.6 Å². The van der Waals surface area contributed by atoms with E-state index in [2.05, 4.69) is 0 Å². The largest absolute Gasteiger partial charge is 0.464 e. The van der Waals surface area contributed by atoms with Gasteiger partial charge in [-0.05, 0) is 37.6 Å². The van der Waals surface area contributed by atoms with Crippen LogP contribution in [0.25, 0.3) is 0 Å². The summed E-state index contributed by atoms with van der Waals surface area (Å²) < 4.78 is 12.0. The van der Waals surface area contributed by atoms with Crippen molar-refractivity contribution >= 4 is 28.8 Å². The molecule has 3 rings (SSSR count). The SMILES string of the molecule is Cc1ccc([C@@H]2COCCN2C(=O)CCc2ccc(Cl)s2)o1. The molecule has 2 aromatic heterocycles. The molecule has 6 heteroatoms. The number of carbonyl (C=O) groups excluding carboxylic acids is 1. The number of hydrogen-bond donors (Lipinski definition) is 0. The number of morpholine rings is 1. The highest BCUT2D eigenvalue weighted by molar-refractivity contribution is 7.16. The maximum absolute atomic E-state index is 12.6. The summed E-state index contributed by atoms with van der Waals surface area (Å²) in [4.78, 5) is 15.6. The van der Waals surface area contributed by atoms with Crippen LogP contribution in [-0.4, -0.2) is 30.6 Å². The average Bonchev–Trinajstić information content (AvgIpc) is 3.13. The van der Waals surface area contributed by atoms with Crippen LogP contribution in [0.2, 0.25) is 4.34 Å². The Bertz CT molecular complexity index is 651. The van der Waals surface area contributed by atoms with Gasteiger partial charge in [0.15, 0.2) is 0 Å². The van der Waals surface area contributed by atoms with E-state index in [0.717, 1.165) is 27.2 Å². The molecule has 0 N–H and O–H groups in total. The lowest BCUT2D eigenvalue weighted by Crippen LogP contribution is -2.43. The van der Waals surface area contributed by atoms with Crippen molar-refractivity contribution in [1.82, 2.24) is 4.90 Å². The molecule has 1 atom stereocenters. The fourth-order valence-corrected chi connectivity index (χ4v) is 3.72. The van der Waals surface area contributed by atoms with Crippen molar-refractivity contribution in [2.75, 3.05) is 19.8 Å². The van der Waals surface area contributed by atoms with E-state index in [-0.39, 0.29) is 11.9 Å². The first kappa shape index (κ1) is 15.6. The third-order valence-corrected chi connectivity index (χ3v) is 5.04. The second kappa shape index (κ2) is 6.86. The van der Waals surface area contributed by atoms with Gasteiger partial charge in [0.05, 0.1) is 17.6 Å². The minimum absolute atomic E-state index is 0.123. The molecule has 1 fully saturated rings. The third-order valence-electron chi connectivity index (χ3n) is 3.75. The molecule has 0 saturated carbocycles. The Morgan fingerprint density at radius 2 is 2.27 bits per heavy atom. The van der Waals surface area contributed by atoms with E-state index in [1.54, 1.807) is 0 Å². The van der Waals surface area contributed by atoms with Crippen molar-refractivity contribution in [1.29, 1.82) is 0 Å². The predicted molar refractivity (Wildman–Crippen MR) is 86.4 cm³/mol. The molecule has 0 bridgehead atoms. The Labute approximate surface area is 138 Å². The lowest BCUT2D eigenvalue weighted by atomic mass is 10.1. The standard InChI is InChI=1S/C16H18ClNO3S/c1-11-2-5-14(21-11)13-10-20-9-8-18(13)16(19)7-4-12-3-6-15(17)22-12/h2-3,5-6,13H,4,7-10H2,1H3/t13-/m0/s1. The molecule has 1 amide bonds. The quantitative estimate of drug-likeness (QED) is 0.850. The van der Waals surface area contributed by atoms with Gasteiger partial charge in [0.25, 0.3) is 0 Å². The minimum atomic E-state index is -0.123. The maximum atomic E-state index is 12.6. The third kappa shape index (κ3) is 3.54. The van der Waals surface area contributed by atoms with E-state index >= 15 is 0 Å². The molecule has 1 aliphatic heterocycles. The molecular formula is C16H18ClNO3S. The molecule has 118 valence electrons. The van der Waals surface area contributed by atoms with E-state index in [0.29, 0.717) is 26.2 Å². The number of amides is 1. The zero-order valence-electron chi connectivity index (χ0n) is 12.4. The second-order valence-corrected chi connectivity index (χ2v) is 7.13. The number of ether oxygens (including phenoxy) is 1. The molecule has 0 aliphatic carbocycles. The molecule has 2 aromatic rings. The van der Waals surface area contributed by atoms with E-state index in [4.69, 9.17) is 20.8 Å². The molecule has 1 aliphatic rings. The maximum Gasteiger partial charge on any atom is 0.223 e. The normalized spacial score (nSPS) is 18.6. The first-order valence-corrected chi connectivity index (χ1v) is 8.50. The van der Waals surface area contributed by atoms with Gasteiger partial charge < -0.3 is 14.1 Å². The molecule has 0 unspecified atom stereocenters. The molecule has 3 heterocycles. The zero-order valence-corrected chi connectivity index (χ0v) is 14.0. The van der Waals surface area contributed by atoms with Crippen LogP contribution >= 0.6 is 22.9 Å². The van der Waals surface area contributed by atoms with E-state index in [1.807, 2.05) is 36.1 Å². The van der Waals surface area contributed by atoms with Crippen molar-refractivity contribution in [2.24, 2.45) is 0 Å². The van der Waals surface area contributed by atoms with Crippen molar-refractivity contribution in [2.45, 2.75) is 25.8 Å². The van der Waals surface area contributed by atoms with Gasteiger partial charge >= 0.3 is 0 Å². The van der Waals surface area contributed by atoms with Crippen LogP contribution in [0.15, 0.2) is 28.7 Å². The molecule has 0 aromatic carbocycles. The number of nitrogens with zero attached hydrogens (tertiary/aromatic N) is 1. The summed E-state index contributed by atoms with van der Waals surface area (Å²) >= 11 is 7.45. The van der Waals surface area contributed by atoms with Crippen LogP contribution in [0.4, 0.5) is 0 Å². The number of aryl methyl sites for hydroxylation is 2. The smallest absolute Gasteiger partial charge is 0.223 e. The topological polar surface area (TPSA) is 42.7 Å². The number of halogens is 1. The summed E-state index contributed by atoms with van der Waals surface area (Å²) in [5.74, 6) is 1.78. The monoisotopic (exact) mass is 339 g/mol. The second-order valence-electron chi connectivity index (χ2n) is 5.33. The van der Waals surface area contributed by atoms with Crippen molar-refractivity contribution in [3.63, 3.8) is 0 Å². The molecule has 1 saturated heterocycles. The number of thiophene rings is 1. The van der Waals surface area contributed by atoms with Gasteiger partial charge in [-0.15, -0.1) is 11.3 Å². The Morgan fingerprint density at radius 1 is 1.41 bits per heavy atom. The predicted octanol–water partition coefficient (Wildman–Crippen LogP) is 3.84. The fraction of sp³-hybridized carbons (Fsp3) is 0.438. The summed E-state index contributed by atoms with van der Waals surface area (Å²) in [6, 6.07) is 7.57. The van der Waals surface area contributed by atoms with E-state index in [1.165, 1.54) is 11.3 Å². The van der Waals surface area contributed by atoms with Crippen LogP contribution in [0, 0.1) is 6.92 Å². The lowest BCUT2D eigenvalue weighted by molar-refractivity contribution is -0.140. The van der Waals surface area contributed by atoms with Gasteiger partial charge in [0.2, 0.25) is 5.91 Å². The van der Waals surface area contributed by atoms with Crippen LogP contribution in [-0.2, 0) is 16.0 Å². The first-order valence-electron chi connectivity index (χ1n) is 7.31. The minimum Gasteiger partial charge on any atom is -0.464 e. The van der Waals surface area contributed by atoms with Crippen molar-refractivity contribution in [3.8, 4) is 0 Å². The molecule has 0 radical (unpaired) electrons. The Balaban J connectivity index is 1.66. The van der Waals surface area contributed by atoms with Gasteiger partial charge in [-0.3, -0.25) is 4.79 Å². The number of rotatable bonds is 4. The first-order chi connectivity index (χ1) is 10.6. The summed E-state index contributed by atoms with van der Waals surface area (Å²) in [7, 11) is 0.